The van der Waals surface area contributed by atoms with Crippen LogP contribution < -0.4 is 10.0 Å². The number of benzene rings is 2. The van der Waals surface area contributed by atoms with E-state index in [4.69, 9.17) is 11.6 Å². The molecule has 2 N–H and O–H groups in total. The van der Waals surface area contributed by atoms with Crippen LogP contribution in [0.1, 0.15) is 15.9 Å². The van der Waals surface area contributed by atoms with Gasteiger partial charge in [0.15, 0.2) is 0 Å². The van der Waals surface area contributed by atoms with E-state index in [1.54, 1.807) is 18.2 Å². The number of anilines is 1. The fraction of sp³-hybridized carbons (Fsp3) is 0.118. The second kappa shape index (κ2) is 7.51. The minimum absolute atomic E-state index is 0.0374. The number of hydrogen-bond acceptors (Lipinski definition) is 3. The number of amides is 1. The topological polar surface area (TPSA) is 75.3 Å². The average molecular weight is 365 g/mol. The van der Waals surface area contributed by atoms with E-state index in [0.717, 1.165) is 5.56 Å². The van der Waals surface area contributed by atoms with Crippen LogP contribution in [0.4, 0.5) is 5.69 Å². The Labute approximate surface area is 146 Å². The summed E-state index contributed by atoms with van der Waals surface area (Å²) in [5.74, 6) is -0.404. The third kappa shape index (κ3) is 4.37. The highest BCUT2D eigenvalue weighted by Gasteiger charge is 2.20. The molecule has 5 nitrogen and oxygen atoms in total. The monoisotopic (exact) mass is 364 g/mol. The van der Waals surface area contributed by atoms with Gasteiger partial charge >= 0.3 is 0 Å². The molecule has 2 aromatic carbocycles. The molecule has 0 fully saturated rings. The van der Waals surface area contributed by atoms with Crippen molar-refractivity contribution in [3.8, 4) is 0 Å². The molecule has 0 aromatic heterocycles. The minimum atomic E-state index is -3.92. The third-order valence-corrected chi connectivity index (χ3v) is 5.02. The second-order valence-corrected chi connectivity index (χ2v) is 7.18. The van der Waals surface area contributed by atoms with E-state index in [0.29, 0.717) is 5.69 Å². The van der Waals surface area contributed by atoms with E-state index in [2.05, 4.69) is 16.6 Å². The van der Waals surface area contributed by atoms with Crippen LogP contribution >= 0.6 is 11.6 Å². The number of carbonyl (C=O) groups is 1. The normalized spacial score (nSPS) is 10.9. The molecule has 0 aliphatic heterocycles. The van der Waals surface area contributed by atoms with E-state index in [1.165, 1.54) is 24.3 Å². The first kappa shape index (κ1) is 18.0. The van der Waals surface area contributed by atoms with Crippen molar-refractivity contribution in [1.82, 2.24) is 5.32 Å². The molecule has 126 valence electrons. The molecule has 0 saturated heterocycles. The lowest BCUT2D eigenvalue weighted by Gasteiger charge is -2.11. The predicted octanol–water partition coefficient (Wildman–Crippen LogP) is 3.37. The summed E-state index contributed by atoms with van der Waals surface area (Å²) in [6, 6.07) is 11.0. The SMILES string of the molecule is C=CCNC(=O)c1ccc(Cl)c(S(=O)(=O)Nc2cccc(C)c2)c1. The molecule has 0 aliphatic carbocycles. The largest absolute Gasteiger partial charge is 0.349 e. The maximum absolute atomic E-state index is 12.6. The van der Waals surface area contributed by atoms with Crippen molar-refractivity contribution in [3.63, 3.8) is 0 Å². The van der Waals surface area contributed by atoms with Gasteiger partial charge < -0.3 is 5.32 Å². The van der Waals surface area contributed by atoms with Gasteiger partial charge in [0.05, 0.1) is 5.02 Å². The first-order chi connectivity index (χ1) is 11.3. The highest BCUT2D eigenvalue weighted by Crippen LogP contribution is 2.25. The average Bonchev–Trinajstić information content (AvgIpc) is 2.52. The van der Waals surface area contributed by atoms with Crippen molar-refractivity contribution >= 4 is 33.2 Å². The Hall–Kier alpha value is -2.31. The molecular formula is C17H17ClN2O3S. The Morgan fingerprint density at radius 2 is 2.00 bits per heavy atom. The number of aryl methyl sites for hydroxylation is 1. The van der Waals surface area contributed by atoms with Gasteiger partial charge in [0.1, 0.15) is 4.90 Å². The van der Waals surface area contributed by atoms with Crippen molar-refractivity contribution in [1.29, 1.82) is 0 Å². The molecule has 0 bridgehead atoms. The maximum Gasteiger partial charge on any atom is 0.263 e. The van der Waals surface area contributed by atoms with Gasteiger partial charge in [-0.1, -0.05) is 29.8 Å². The van der Waals surface area contributed by atoms with Crippen molar-refractivity contribution in [2.75, 3.05) is 11.3 Å². The smallest absolute Gasteiger partial charge is 0.263 e. The summed E-state index contributed by atoms with van der Waals surface area (Å²) < 4.78 is 27.6. The first-order valence-corrected chi connectivity index (χ1v) is 8.98. The fourth-order valence-corrected chi connectivity index (χ4v) is 3.61. The molecule has 7 heteroatoms. The van der Waals surface area contributed by atoms with E-state index in [9.17, 15) is 13.2 Å². The molecule has 0 heterocycles. The first-order valence-electron chi connectivity index (χ1n) is 7.11. The van der Waals surface area contributed by atoms with Crippen LogP contribution in [-0.2, 0) is 10.0 Å². The summed E-state index contributed by atoms with van der Waals surface area (Å²) in [5, 5.41) is 2.63. The minimum Gasteiger partial charge on any atom is -0.349 e. The number of sulfonamides is 1. The molecule has 24 heavy (non-hydrogen) atoms. The Kier molecular flexibility index (Phi) is 5.64. The zero-order chi connectivity index (χ0) is 17.7. The third-order valence-electron chi connectivity index (χ3n) is 3.16. The number of carbonyl (C=O) groups excluding carboxylic acids is 1. The second-order valence-electron chi connectivity index (χ2n) is 5.12. The van der Waals surface area contributed by atoms with Gasteiger partial charge in [-0.15, -0.1) is 6.58 Å². The summed E-state index contributed by atoms with van der Waals surface area (Å²) in [5.41, 5.74) is 1.54. The van der Waals surface area contributed by atoms with Gasteiger partial charge in [0.25, 0.3) is 15.9 Å². The zero-order valence-electron chi connectivity index (χ0n) is 13.0. The Morgan fingerprint density at radius 3 is 2.67 bits per heavy atom. The molecule has 0 radical (unpaired) electrons. The Bertz CT molecular complexity index is 879. The van der Waals surface area contributed by atoms with Crippen LogP contribution in [0.5, 0.6) is 0 Å². The molecule has 0 saturated carbocycles. The van der Waals surface area contributed by atoms with Crippen LogP contribution in [0.2, 0.25) is 5.02 Å². The molecule has 2 rings (SSSR count). The van der Waals surface area contributed by atoms with Gasteiger partial charge in [0.2, 0.25) is 0 Å². The fourth-order valence-electron chi connectivity index (χ4n) is 2.04. The maximum atomic E-state index is 12.6. The summed E-state index contributed by atoms with van der Waals surface area (Å²) in [6.45, 7) is 5.65. The van der Waals surface area contributed by atoms with E-state index >= 15 is 0 Å². The number of rotatable bonds is 6. The highest BCUT2D eigenvalue weighted by atomic mass is 35.5. The molecule has 0 spiro atoms. The zero-order valence-corrected chi connectivity index (χ0v) is 14.6. The molecule has 2 aromatic rings. The quantitative estimate of drug-likeness (QED) is 0.772. The standard InChI is InChI=1S/C17H17ClN2O3S/c1-3-9-19-17(21)13-7-8-15(18)16(11-13)24(22,23)20-14-6-4-5-12(2)10-14/h3-8,10-11,20H,1,9H2,2H3,(H,19,21). The highest BCUT2D eigenvalue weighted by molar-refractivity contribution is 7.92. The van der Waals surface area contributed by atoms with Crippen molar-refractivity contribution in [3.05, 3.63) is 71.3 Å². The summed E-state index contributed by atoms with van der Waals surface area (Å²) in [7, 11) is -3.92. The van der Waals surface area contributed by atoms with Crippen LogP contribution in [0.25, 0.3) is 0 Å². The van der Waals surface area contributed by atoms with Crippen LogP contribution in [0.15, 0.2) is 60.0 Å². The van der Waals surface area contributed by atoms with Crippen molar-refractivity contribution in [2.45, 2.75) is 11.8 Å². The van der Waals surface area contributed by atoms with Gasteiger partial charge in [-0.2, -0.15) is 0 Å². The lowest BCUT2D eigenvalue weighted by Crippen LogP contribution is -2.23. The van der Waals surface area contributed by atoms with Crippen LogP contribution in [0, 0.1) is 6.92 Å². The van der Waals surface area contributed by atoms with Gasteiger partial charge in [0, 0.05) is 17.8 Å². The van der Waals surface area contributed by atoms with Gasteiger partial charge in [-0.25, -0.2) is 8.42 Å². The van der Waals surface area contributed by atoms with E-state index in [1.807, 2.05) is 13.0 Å². The van der Waals surface area contributed by atoms with Crippen molar-refractivity contribution < 1.29 is 13.2 Å². The van der Waals surface area contributed by atoms with E-state index < -0.39 is 15.9 Å². The summed E-state index contributed by atoms with van der Waals surface area (Å²) in [4.78, 5) is 11.8. The lowest BCUT2D eigenvalue weighted by molar-refractivity contribution is 0.0958. The number of nitrogens with one attached hydrogen (secondary N) is 2. The lowest BCUT2D eigenvalue weighted by atomic mass is 10.2. The molecule has 1 amide bonds. The molecular weight excluding hydrogens is 348 g/mol. The molecule has 0 aliphatic rings. The molecule has 0 atom stereocenters. The predicted molar refractivity (Wildman–Crippen MR) is 96.0 cm³/mol. The summed E-state index contributed by atoms with van der Waals surface area (Å²) in [6.07, 6.45) is 1.53. The molecule has 0 unspecified atom stereocenters. The van der Waals surface area contributed by atoms with Crippen molar-refractivity contribution in [2.24, 2.45) is 0 Å². The number of hydrogen-bond donors (Lipinski definition) is 2. The van der Waals surface area contributed by atoms with Crippen LogP contribution in [0.3, 0.4) is 0 Å². The Balaban J connectivity index is 2.35. The Morgan fingerprint density at radius 1 is 1.25 bits per heavy atom. The van der Waals surface area contributed by atoms with Crippen LogP contribution in [-0.4, -0.2) is 20.9 Å². The summed E-state index contributed by atoms with van der Waals surface area (Å²) >= 11 is 6.02. The number of halogens is 1. The van der Waals surface area contributed by atoms with Gasteiger partial charge in [-0.05, 0) is 42.8 Å². The van der Waals surface area contributed by atoms with Gasteiger partial charge in [-0.3, -0.25) is 9.52 Å². The van der Waals surface area contributed by atoms with E-state index in [-0.39, 0.29) is 22.0 Å².